The van der Waals surface area contributed by atoms with Crippen LogP contribution in [-0.4, -0.2) is 151 Å². The van der Waals surface area contributed by atoms with Crippen LogP contribution in [0.3, 0.4) is 0 Å². The molecule has 6 aromatic rings. The van der Waals surface area contributed by atoms with Crippen molar-refractivity contribution in [2.24, 2.45) is 5.92 Å². The van der Waals surface area contributed by atoms with Crippen molar-refractivity contribution >= 4 is 40.3 Å². The van der Waals surface area contributed by atoms with Gasteiger partial charge in [-0.25, -0.2) is 9.97 Å². The van der Waals surface area contributed by atoms with E-state index >= 15 is 0 Å². The van der Waals surface area contributed by atoms with Crippen molar-refractivity contribution in [3.8, 4) is 39.3 Å². The standard InChI is InChI=1S/C56H68N12O8S/c1-32(2)52(56(72)67-30-39(69)22-47(67)55(71)61-33(3)35-9-12-44(59-27-35)53-34(4)60-31-77-53)49-26-51(64-76-49)73-20-19-65-17-14-40(15-18-65)74-41-23-42(24-41)75-50-21-36(13-16-58-50)68-37-10-11-38(68)29-66(28-37)46-25-45(62-63-54(46)57)43-7-5-6-8-48(43)70/h5-9,12-13,16,21,25-27,31-33,37-42,47,52,69-70H,10-11,14-15,17-20,22-24,28-30H2,1-4H3,(H2,57,63)(H,61,71)/t33-,37?,38?,39+,41-,42-,47-,52+/m0/s1. The third-order valence-corrected chi connectivity index (χ3v) is 16.9. The maximum Gasteiger partial charge on any atom is 0.254 e. The molecule has 406 valence electrons. The van der Waals surface area contributed by atoms with Gasteiger partial charge in [-0.15, -0.1) is 21.5 Å². The zero-order chi connectivity index (χ0) is 53.3. The number of nitrogens with zero attached hydrogens (tertiary/aromatic N) is 10. The summed E-state index contributed by atoms with van der Waals surface area (Å²) in [7, 11) is 0. The quantitative estimate of drug-likeness (QED) is 0.0713. The molecule has 4 saturated heterocycles. The lowest BCUT2D eigenvalue weighted by molar-refractivity contribution is -0.141. The van der Waals surface area contributed by atoms with Crippen molar-refractivity contribution in [3.05, 3.63) is 95.6 Å². The second-order valence-electron chi connectivity index (χ2n) is 21.6. The van der Waals surface area contributed by atoms with Crippen molar-refractivity contribution in [1.82, 2.24) is 45.4 Å². The van der Waals surface area contributed by atoms with Crippen molar-refractivity contribution in [1.29, 1.82) is 0 Å². The van der Waals surface area contributed by atoms with Crippen LogP contribution in [0.15, 0.2) is 83.1 Å². The molecule has 1 aliphatic carbocycles. The summed E-state index contributed by atoms with van der Waals surface area (Å²) in [4.78, 5) is 51.1. The Hall–Kier alpha value is -6.94. The molecule has 21 heteroatoms. The zero-order valence-corrected chi connectivity index (χ0v) is 44.8. The number of aromatic nitrogens is 6. The number of aromatic hydroxyl groups is 1. The molecule has 1 aromatic carbocycles. The second-order valence-corrected chi connectivity index (χ2v) is 22.4. The Labute approximate surface area is 451 Å². The zero-order valence-electron chi connectivity index (χ0n) is 44.0. The normalized spacial score (nSPS) is 23.5. The number of aliphatic hydroxyl groups excluding tert-OH is 1. The monoisotopic (exact) mass is 1070 g/mol. The molecule has 0 radical (unpaired) electrons. The maximum atomic E-state index is 14.2. The first-order chi connectivity index (χ1) is 37.3. The highest BCUT2D eigenvalue weighted by Crippen LogP contribution is 2.41. The Morgan fingerprint density at radius 2 is 1.68 bits per heavy atom. The van der Waals surface area contributed by atoms with E-state index in [9.17, 15) is 19.8 Å². The molecule has 5 fully saturated rings. The summed E-state index contributed by atoms with van der Waals surface area (Å²) in [5.41, 5.74) is 13.9. The number of pyridine rings is 2. The minimum absolute atomic E-state index is 0.0405. The number of ether oxygens (including phenoxy) is 3. The minimum Gasteiger partial charge on any atom is -0.507 e. The summed E-state index contributed by atoms with van der Waals surface area (Å²) in [6.45, 7) is 12.2. The molecule has 5 N–H and O–H groups in total. The molecule has 4 aliphatic heterocycles. The van der Waals surface area contributed by atoms with Gasteiger partial charge in [0.1, 0.15) is 30.4 Å². The van der Waals surface area contributed by atoms with Crippen molar-refractivity contribution in [3.63, 3.8) is 0 Å². The van der Waals surface area contributed by atoms with Gasteiger partial charge < -0.3 is 54.7 Å². The number of benzene rings is 1. The number of hydrogen-bond acceptors (Lipinski definition) is 19. The van der Waals surface area contributed by atoms with Crippen molar-refractivity contribution in [2.75, 3.05) is 61.4 Å². The number of nitrogens with two attached hydrogens (primary N) is 1. The summed E-state index contributed by atoms with van der Waals surface area (Å²) in [6.07, 6.45) is 8.92. The van der Waals surface area contributed by atoms with Gasteiger partial charge in [-0.2, -0.15) is 0 Å². The number of amides is 2. The molecule has 2 amide bonds. The van der Waals surface area contributed by atoms with Crippen LogP contribution in [-0.2, 0) is 14.3 Å². The van der Waals surface area contributed by atoms with Crippen LogP contribution < -0.4 is 30.3 Å². The minimum atomic E-state index is -0.850. The van der Waals surface area contributed by atoms with Gasteiger partial charge in [0.15, 0.2) is 11.6 Å². The molecule has 20 nitrogen and oxygen atoms in total. The summed E-state index contributed by atoms with van der Waals surface area (Å²) in [5, 5.41) is 36.9. The number of carbonyl (C=O) groups is 2. The van der Waals surface area contributed by atoms with Crippen LogP contribution in [0.2, 0.25) is 0 Å². The van der Waals surface area contributed by atoms with Crippen LogP contribution >= 0.6 is 11.3 Å². The van der Waals surface area contributed by atoms with E-state index < -0.39 is 18.1 Å². The van der Waals surface area contributed by atoms with Gasteiger partial charge in [0.25, 0.3) is 5.88 Å². The molecular weight excluding hydrogens is 1000 g/mol. The molecule has 11 rings (SSSR count). The first kappa shape index (κ1) is 52.1. The third-order valence-electron chi connectivity index (χ3n) is 16.0. The Morgan fingerprint density at radius 3 is 2.40 bits per heavy atom. The van der Waals surface area contributed by atoms with Crippen molar-refractivity contribution in [2.45, 2.75) is 127 Å². The fraction of sp³-hybridized carbons (Fsp3) is 0.500. The second kappa shape index (κ2) is 22.6. The Morgan fingerprint density at radius 1 is 0.883 bits per heavy atom. The van der Waals surface area contributed by atoms with E-state index in [4.69, 9.17) is 24.5 Å². The number of rotatable bonds is 18. The van der Waals surface area contributed by atoms with E-state index in [1.807, 2.05) is 64.2 Å². The fourth-order valence-corrected chi connectivity index (χ4v) is 12.6. The number of likely N-dealkylation sites (tertiary alicyclic amines) is 2. The molecule has 5 aromatic heterocycles. The van der Waals surface area contributed by atoms with Crippen LogP contribution in [0.4, 0.5) is 17.2 Å². The lowest BCUT2D eigenvalue weighted by Crippen LogP contribution is -2.54. The fourth-order valence-electron chi connectivity index (χ4n) is 11.8. The highest BCUT2D eigenvalue weighted by atomic mass is 32.1. The number of phenols is 1. The number of piperazine rings is 1. The van der Waals surface area contributed by atoms with Crippen molar-refractivity contribution < 1.29 is 38.5 Å². The average molecular weight is 1070 g/mol. The van der Waals surface area contributed by atoms with Crippen LogP contribution in [0, 0.1) is 12.8 Å². The van der Waals surface area contributed by atoms with Gasteiger partial charge in [-0.1, -0.05) is 32.0 Å². The maximum absolute atomic E-state index is 14.2. The summed E-state index contributed by atoms with van der Waals surface area (Å²) in [6, 6.07) is 18.1. The van der Waals surface area contributed by atoms with E-state index in [0.717, 1.165) is 97.9 Å². The largest absolute Gasteiger partial charge is 0.507 e. The predicted molar refractivity (Wildman–Crippen MR) is 290 cm³/mol. The van der Waals surface area contributed by atoms with Gasteiger partial charge in [-0.05, 0) is 86.5 Å². The number of anilines is 3. The van der Waals surface area contributed by atoms with E-state index in [2.05, 4.69) is 62.5 Å². The van der Waals surface area contributed by atoms with E-state index in [-0.39, 0.29) is 72.9 Å². The summed E-state index contributed by atoms with van der Waals surface area (Å²) < 4.78 is 24.7. The van der Waals surface area contributed by atoms with E-state index in [1.54, 1.807) is 29.9 Å². The number of para-hydroxylation sites is 1. The van der Waals surface area contributed by atoms with Crippen LogP contribution in [0.1, 0.15) is 94.7 Å². The van der Waals surface area contributed by atoms with E-state index in [0.29, 0.717) is 47.7 Å². The summed E-state index contributed by atoms with van der Waals surface area (Å²) >= 11 is 1.53. The van der Waals surface area contributed by atoms with E-state index in [1.165, 1.54) is 16.2 Å². The first-order valence-electron chi connectivity index (χ1n) is 27.0. The third kappa shape index (κ3) is 11.4. The van der Waals surface area contributed by atoms with Crippen LogP contribution in [0.25, 0.3) is 21.8 Å². The number of fused-ring (bicyclic) bond motifs is 2. The number of thiazole rings is 1. The Bertz CT molecular complexity index is 3000. The average Bonchev–Trinajstić information content (AvgIpc) is 4.22. The highest BCUT2D eigenvalue weighted by Gasteiger charge is 2.45. The van der Waals surface area contributed by atoms with Gasteiger partial charge in [0, 0.05) is 106 Å². The molecule has 6 atom stereocenters. The number of nitrogens with one attached hydrogen (secondary N) is 1. The number of carbonyl (C=O) groups excluding carboxylic acids is 2. The molecule has 0 spiro atoms. The molecule has 2 unspecified atom stereocenters. The molecule has 77 heavy (non-hydrogen) atoms. The van der Waals surface area contributed by atoms with Gasteiger partial charge >= 0.3 is 0 Å². The number of hydrogen-bond donors (Lipinski definition) is 4. The number of nitrogen functional groups attached to an aromatic ring is 1. The lowest BCUT2D eigenvalue weighted by Gasteiger charge is -2.43. The summed E-state index contributed by atoms with van der Waals surface area (Å²) in [5.74, 6) is 0.263. The number of aryl methyl sites for hydroxylation is 1. The molecular formula is C56H68N12O8S. The molecule has 1 saturated carbocycles. The highest BCUT2D eigenvalue weighted by molar-refractivity contribution is 7.13. The first-order valence-corrected chi connectivity index (χ1v) is 27.9. The molecule has 5 aliphatic rings. The number of β-amino-alcohol motifs (C(OH)–C–C–N with tert-alkyl or cyclic N) is 1. The van der Waals surface area contributed by atoms with Crippen LogP contribution in [0.5, 0.6) is 17.5 Å². The smallest absolute Gasteiger partial charge is 0.254 e. The Kier molecular flexibility index (Phi) is 15.3. The molecule has 9 heterocycles. The van der Waals surface area contributed by atoms with Gasteiger partial charge in [0.05, 0.1) is 57.5 Å². The van der Waals surface area contributed by atoms with Gasteiger partial charge in [-0.3, -0.25) is 19.5 Å². The lowest BCUT2D eigenvalue weighted by atomic mass is 9.91. The number of aliphatic hydroxyl groups is 1. The predicted octanol–water partition coefficient (Wildman–Crippen LogP) is 6.55. The SMILES string of the molecule is Cc1ncsc1-c1ccc([C@H](C)NC(=O)[C@@H]2C[C@@H](O)CN2C(=O)[C@@H](c2cc(OCCN3CCC(O[C@H]4C[C@H](Oc5cc(N6C7CCC6CN(c6cc(-c8ccccc8O)nnc6N)C7)ccn5)C4)CC3)no2)C(C)C)cn1. The number of piperidine rings is 1. The topological polar surface area (TPSA) is 244 Å². The molecule has 2 bridgehead atoms. The van der Waals surface area contributed by atoms with Gasteiger partial charge in [0.2, 0.25) is 17.7 Å². The Balaban J connectivity index is 0.601. The number of phenolic OH excluding ortho intramolecular Hbond substituents is 1.